The van der Waals surface area contributed by atoms with E-state index in [1.807, 2.05) is 18.2 Å². The van der Waals surface area contributed by atoms with E-state index in [1.54, 1.807) is 0 Å². The molecule has 1 unspecified atom stereocenters. The average molecular weight is 273 g/mol. The highest BCUT2D eigenvalue weighted by molar-refractivity contribution is 5.76. The number of nitrogens with zero attached hydrogens (tertiary/aromatic N) is 2. The van der Waals surface area contributed by atoms with Crippen LogP contribution in [0.1, 0.15) is 33.1 Å². The Hall–Kier alpha value is -1.55. The van der Waals surface area contributed by atoms with Gasteiger partial charge in [0.05, 0.1) is 6.54 Å². The molecule has 1 aromatic carbocycles. The van der Waals surface area contributed by atoms with Crippen molar-refractivity contribution in [3.8, 4) is 0 Å². The number of nitrogen functional groups attached to an aromatic ring is 1. The third-order valence-electron chi connectivity index (χ3n) is 4.31. The van der Waals surface area contributed by atoms with Crippen molar-refractivity contribution in [3.05, 3.63) is 24.1 Å². The van der Waals surface area contributed by atoms with Crippen molar-refractivity contribution in [3.63, 3.8) is 0 Å². The first-order chi connectivity index (χ1) is 9.41. The summed E-state index contributed by atoms with van der Waals surface area (Å²) in [5.41, 5.74) is 8.53. The molecule has 1 atom stereocenters. The van der Waals surface area contributed by atoms with E-state index in [-0.39, 0.29) is 0 Å². The van der Waals surface area contributed by atoms with Crippen LogP contribution in [0.25, 0.3) is 11.1 Å². The topological polar surface area (TPSA) is 55.3 Å². The van der Waals surface area contributed by atoms with Crippen molar-refractivity contribution in [2.45, 2.75) is 33.7 Å². The summed E-state index contributed by atoms with van der Waals surface area (Å²) in [6, 6.07) is 5.62. The summed E-state index contributed by atoms with van der Waals surface area (Å²) in [4.78, 5) is 6.98. The van der Waals surface area contributed by atoms with Crippen molar-refractivity contribution >= 4 is 16.8 Å². The fourth-order valence-corrected chi connectivity index (χ4v) is 2.93. The van der Waals surface area contributed by atoms with Crippen LogP contribution < -0.4 is 5.73 Å². The van der Waals surface area contributed by atoms with Crippen molar-refractivity contribution in [1.29, 1.82) is 0 Å². The van der Waals surface area contributed by atoms with Crippen molar-refractivity contribution in [2.24, 2.45) is 11.3 Å². The molecule has 0 saturated carbocycles. The summed E-state index contributed by atoms with van der Waals surface area (Å²) >= 11 is 0. The summed E-state index contributed by atoms with van der Waals surface area (Å²) < 4.78 is 5.80. The maximum absolute atomic E-state index is 5.80. The molecular formula is C16H23N3O. The zero-order valence-corrected chi connectivity index (χ0v) is 12.5. The molecule has 1 saturated heterocycles. The summed E-state index contributed by atoms with van der Waals surface area (Å²) in [7, 11) is 0. The molecule has 1 aromatic heterocycles. The van der Waals surface area contributed by atoms with E-state index in [0.29, 0.717) is 11.1 Å². The third-order valence-corrected chi connectivity index (χ3v) is 4.31. The van der Waals surface area contributed by atoms with Crippen LogP contribution >= 0.6 is 0 Å². The van der Waals surface area contributed by atoms with Crippen LogP contribution in [0.5, 0.6) is 0 Å². The van der Waals surface area contributed by atoms with Crippen LogP contribution in [-0.2, 0) is 6.54 Å². The second-order valence-corrected chi connectivity index (χ2v) is 6.92. The third kappa shape index (κ3) is 2.66. The van der Waals surface area contributed by atoms with Gasteiger partial charge in [0.1, 0.15) is 5.52 Å². The minimum absolute atomic E-state index is 0.379. The highest BCUT2D eigenvalue weighted by atomic mass is 16.3. The summed E-state index contributed by atoms with van der Waals surface area (Å²) in [6.07, 6.45) is 1.26. The fourth-order valence-electron chi connectivity index (χ4n) is 2.93. The number of rotatable bonds is 2. The normalized spacial score (nSPS) is 20.9. The van der Waals surface area contributed by atoms with Crippen molar-refractivity contribution in [1.82, 2.24) is 9.88 Å². The molecule has 108 valence electrons. The van der Waals surface area contributed by atoms with Crippen molar-refractivity contribution < 1.29 is 4.42 Å². The van der Waals surface area contributed by atoms with Gasteiger partial charge in [-0.15, -0.1) is 0 Å². The molecule has 0 aliphatic carbocycles. The number of likely N-dealkylation sites (tertiary alicyclic amines) is 1. The van der Waals surface area contributed by atoms with E-state index in [4.69, 9.17) is 10.2 Å². The van der Waals surface area contributed by atoms with E-state index in [2.05, 4.69) is 30.7 Å². The van der Waals surface area contributed by atoms with Crippen LogP contribution in [0.3, 0.4) is 0 Å². The quantitative estimate of drug-likeness (QED) is 0.853. The van der Waals surface area contributed by atoms with Gasteiger partial charge in [-0.2, -0.15) is 0 Å². The highest BCUT2D eigenvalue weighted by Gasteiger charge is 2.32. The summed E-state index contributed by atoms with van der Waals surface area (Å²) in [5, 5.41) is 0. The first kappa shape index (κ1) is 13.4. The molecule has 4 nitrogen and oxygen atoms in total. The molecular weight excluding hydrogens is 250 g/mol. The molecule has 0 bridgehead atoms. The Morgan fingerprint density at radius 1 is 1.40 bits per heavy atom. The van der Waals surface area contributed by atoms with E-state index < -0.39 is 0 Å². The molecule has 1 aliphatic heterocycles. The molecule has 1 aliphatic rings. The lowest BCUT2D eigenvalue weighted by Gasteiger charge is -2.26. The number of hydrogen-bond acceptors (Lipinski definition) is 4. The SMILES string of the molecule is CC(C)(C)C1CCN(Cc2nc3ccc(N)cc3o2)C1. The Bertz CT molecular complexity index is 612. The van der Waals surface area contributed by atoms with Gasteiger partial charge in [0.2, 0.25) is 5.89 Å². The van der Waals surface area contributed by atoms with Crippen LogP contribution in [-0.4, -0.2) is 23.0 Å². The van der Waals surface area contributed by atoms with Gasteiger partial charge in [-0.1, -0.05) is 20.8 Å². The minimum Gasteiger partial charge on any atom is -0.439 e. The van der Waals surface area contributed by atoms with Gasteiger partial charge < -0.3 is 10.2 Å². The fraction of sp³-hybridized carbons (Fsp3) is 0.562. The van der Waals surface area contributed by atoms with Crippen LogP contribution in [0, 0.1) is 11.3 Å². The standard InChI is InChI=1S/C16H23N3O/c1-16(2,3)11-6-7-19(9-11)10-15-18-13-5-4-12(17)8-14(13)20-15/h4-5,8,11H,6-7,9-10,17H2,1-3H3. The summed E-state index contributed by atoms with van der Waals surface area (Å²) in [6.45, 7) is 10.0. The Labute approximate surface area is 120 Å². The minimum atomic E-state index is 0.379. The van der Waals surface area contributed by atoms with Gasteiger partial charge in [0, 0.05) is 18.3 Å². The number of hydrogen-bond donors (Lipinski definition) is 1. The van der Waals surface area contributed by atoms with Gasteiger partial charge in [0.15, 0.2) is 5.58 Å². The molecule has 0 radical (unpaired) electrons. The lowest BCUT2D eigenvalue weighted by Crippen LogP contribution is -2.25. The predicted molar refractivity (Wildman–Crippen MR) is 81.3 cm³/mol. The first-order valence-corrected chi connectivity index (χ1v) is 7.29. The number of aromatic nitrogens is 1. The Balaban J connectivity index is 1.71. The maximum atomic E-state index is 5.80. The van der Waals surface area contributed by atoms with Crippen LogP contribution in [0.15, 0.2) is 22.6 Å². The molecule has 20 heavy (non-hydrogen) atoms. The predicted octanol–water partition coefficient (Wildman–Crippen LogP) is 3.28. The lowest BCUT2D eigenvalue weighted by atomic mass is 9.80. The number of fused-ring (bicyclic) bond motifs is 1. The molecule has 3 rings (SSSR count). The zero-order valence-electron chi connectivity index (χ0n) is 12.5. The molecule has 4 heteroatoms. The van der Waals surface area contributed by atoms with Gasteiger partial charge in [-0.3, -0.25) is 4.90 Å². The second kappa shape index (κ2) is 4.77. The highest BCUT2D eigenvalue weighted by Crippen LogP contribution is 2.34. The Morgan fingerprint density at radius 3 is 2.90 bits per heavy atom. The van der Waals surface area contributed by atoms with E-state index in [9.17, 15) is 0 Å². The molecule has 1 fully saturated rings. The zero-order chi connectivity index (χ0) is 14.3. The first-order valence-electron chi connectivity index (χ1n) is 7.29. The van der Waals surface area contributed by atoms with Crippen molar-refractivity contribution in [2.75, 3.05) is 18.8 Å². The molecule has 0 spiro atoms. The number of anilines is 1. The number of nitrogens with two attached hydrogens (primary N) is 1. The van der Waals surface area contributed by atoms with Crippen LogP contribution in [0.4, 0.5) is 5.69 Å². The molecule has 0 amide bonds. The van der Waals surface area contributed by atoms with Gasteiger partial charge in [-0.25, -0.2) is 4.98 Å². The van der Waals surface area contributed by atoms with E-state index in [1.165, 1.54) is 6.42 Å². The monoisotopic (exact) mass is 273 g/mol. The van der Waals surface area contributed by atoms with Gasteiger partial charge in [0.25, 0.3) is 0 Å². The average Bonchev–Trinajstić information content (AvgIpc) is 2.94. The smallest absolute Gasteiger partial charge is 0.209 e. The largest absolute Gasteiger partial charge is 0.439 e. The lowest BCUT2D eigenvalue weighted by molar-refractivity contribution is 0.218. The number of oxazole rings is 1. The Kier molecular flexibility index (Phi) is 3.21. The molecule has 2 N–H and O–H groups in total. The molecule has 2 heterocycles. The van der Waals surface area contributed by atoms with E-state index >= 15 is 0 Å². The van der Waals surface area contributed by atoms with Crippen LogP contribution in [0.2, 0.25) is 0 Å². The second-order valence-electron chi connectivity index (χ2n) is 6.92. The maximum Gasteiger partial charge on any atom is 0.209 e. The van der Waals surface area contributed by atoms with Gasteiger partial charge in [-0.05, 0) is 36.4 Å². The van der Waals surface area contributed by atoms with E-state index in [0.717, 1.165) is 42.5 Å². The Morgan fingerprint density at radius 2 is 2.20 bits per heavy atom. The molecule has 2 aromatic rings. The number of benzene rings is 1. The van der Waals surface area contributed by atoms with Gasteiger partial charge >= 0.3 is 0 Å². The summed E-state index contributed by atoms with van der Waals surface area (Å²) in [5.74, 6) is 1.54.